The Bertz CT molecular complexity index is 316. The van der Waals surface area contributed by atoms with E-state index in [4.69, 9.17) is 0 Å². The third-order valence-electron chi connectivity index (χ3n) is 5.63. The van der Waals surface area contributed by atoms with Crippen LogP contribution in [0.4, 0.5) is 0 Å². The van der Waals surface area contributed by atoms with Gasteiger partial charge in [-0.25, -0.2) is 0 Å². The van der Waals surface area contributed by atoms with Crippen molar-refractivity contribution in [1.82, 2.24) is 10.2 Å². The fraction of sp³-hybridized carbons (Fsp3) is 0.933. The van der Waals surface area contributed by atoms with Crippen LogP contribution in [-0.2, 0) is 4.79 Å². The van der Waals surface area contributed by atoms with Crippen LogP contribution in [-0.4, -0.2) is 36.5 Å². The summed E-state index contributed by atoms with van der Waals surface area (Å²) in [6.07, 6.45) is 4.78. The summed E-state index contributed by atoms with van der Waals surface area (Å²) in [5, 5.41) is 3.51. The van der Waals surface area contributed by atoms with Gasteiger partial charge in [0.2, 0.25) is 5.91 Å². The number of hydrogen-bond acceptors (Lipinski definition) is 2. The molecule has 1 saturated carbocycles. The molecule has 1 N–H and O–H groups in total. The van der Waals surface area contributed by atoms with Crippen LogP contribution in [0, 0.1) is 10.8 Å². The summed E-state index contributed by atoms with van der Waals surface area (Å²) in [4.78, 5) is 14.0. The van der Waals surface area contributed by atoms with E-state index in [2.05, 4.69) is 33.0 Å². The Balaban J connectivity index is 1.85. The van der Waals surface area contributed by atoms with Crippen molar-refractivity contribution >= 4 is 5.91 Å². The van der Waals surface area contributed by atoms with E-state index < -0.39 is 0 Å². The average Bonchev–Trinajstić information content (AvgIpc) is 2.86. The highest BCUT2D eigenvalue weighted by atomic mass is 16.2. The van der Waals surface area contributed by atoms with Crippen molar-refractivity contribution in [2.24, 2.45) is 10.8 Å². The van der Waals surface area contributed by atoms with Crippen molar-refractivity contribution in [1.29, 1.82) is 0 Å². The standard InChI is InChI=1S/C15H28N2O/c1-14(2)8-7-12(15(14,3)4)16-11-13(18)17-9-5-6-10-17/h12,16H,5-11H2,1-4H3. The number of nitrogens with one attached hydrogen (secondary N) is 1. The minimum atomic E-state index is 0.262. The predicted molar refractivity (Wildman–Crippen MR) is 74.4 cm³/mol. The minimum Gasteiger partial charge on any atom is -0.342 e. The fourth-order valence-electron chi connectivity index (χ4n) is 3.31. The van der Waals surface area contributed by atoms with Gasteiger partial charge >= 0.3 is 0 Å². The first-order chi connectivity index (χ1) is 8.34. The molecule has 3 nitrogen and oxygen atoms in total. The van der Waals surface area contributed by atoms with Crippen molar-refractivity contribution < 1.29 is 4.79 Å². The maximum absolute atomic E-state index is 12.0. The van der Waals surface area contributed by atoms with Crippen LogP contribution in [0.25, 0.3) is 0 Å². The molecule has 3 heteroatoms. The van der Waals surface area contributed by atoms with E-state index in [1.807, 2.05) is 4.90 Å². The quantitative estimate of drug-likeness (QED) is 0.836. The molecule has 0 aromatic carbocycles. The normalized spacial score (nSPS) is 29.8. The molecular formula is C15H28N2O. The molecule has 2 aliphatic rings. The third kappa shape index (κ3) is 2.42. The van der Waals surface area contributed by atoms with Gasteiger partial charge in [-0.3, -0.25) is 4.79 Å². The predicted octanol–water partition coefficient (Wildman–Crippen LogP) is 2.41. The van der Waals surface area contributed by atoms with E-state index in [-0.39, 0.29) is 11.3 Å². The highest BCUT2D eigenvalue weighted by Gasteiger charge is 2.48. The summed E-state index contributed by atoms with van der Waals surface area (Å²) in [7, 11) is 0. The van der Waals surface area contributed by atoms with E-state index >= 15 is 0 Å². The van der Waals surface area contributed by atoms with Crippen molar-refractivity contribution in [3.8, 4) is 0 Å². The summed E-state index contributed by atoms with van der Waals surface area (Å²) in [5.74, 6) is 0.285. The molecule has 2 rings (SSSR count). The number of carbonyl (C=O) groups is 1. The average molecular weight is 252 g/mol. The number of rotatable bonds is 3. The topological polar surface area (TPSA) is 32.3 Å². The SMILES string of the molecule is CC1(C)CCC(NCC(=O)N2CCCC2)C1(C)C. The first-order valence-corrected chi connectivity index (χ1v) is 7.36. The summed E-state index contributed by atoms with van der Waals surface area (Å²) in [6.45, 7) is 11.8. The number of hydrogen-bond donors (Lipinski definition) is 1. The van der Waals surface area contributed by atoms with Crippen LogP contribution in [0.15, 0.2) is 0 Å². The van der Waals surface area contributed by atoms with Gasteiger partial charge in [-0.15, -0.1) is 0 Å². The molecule has 18 heavy (non-hydrogen) atoms. The number of amides is 1. The molecule has 1 aliphatic carbocycles. The van der Waals surface area contributed by atoms with E-state index in [1.165, 1.54) is 25.7 Å². The van der Waals surface area contributed by atoms with Crippen LogP contribution in [0.5, 0.6) is 0 Å². The van der Waals surface area contributed by atoms with Gasteiger partial charge < -0.3 is 10.2 Å². The van der Waals surface area contributed by atoms with Crippen LogP contribution in [0.3, 0.4) is 0 Å². The van der Waals surface area contributed by atoms with Gasteiger partial charge in [-0.1, -0.05) is 27.7 Å². The Morgan fingerprint density at radius 2 is 1.83 bits per heavy atom. The van der Waals surface area contributed by atoms with Gasteiger partial charge in [0.1, 0.15) is 0 Å². The maximum atomic E-state index is 12.0. The fourth-order valence-corrected chi connectivity index (χ4v) is 3.31. The molecular weight excluding hydrogens is 224 g/mol. The van der Waals surface area contributed by atoms with Crippen molar-refractivity contribution in [3.63, 3.8) is 0 Å². The lowest BCUT2D eigenvalue weighted by Crippen LogP contribution is -2.47. The second-order valence-corrected chi connectivity index (χ2v) is 7.17. The Hall–Kier alpha value is -0.570. The largest absolute Gasteiger partial charge is 0.342 e. The zero-order chi connectivity index (χ0) is 13.4. The van der Waals surface area contributed by atoms with Crippen LogP contribution >= 0.6 is 0 Å². The Labute approximate surface area is 111 Å². The maximum Gasteiger partial charge on any atom is 0.236 e. The zero-order valence-electron chi connectivity index (χ0n) is 12.4. The third-order valence-corrected chi connectivity index (χ3v) is 5.63. The summed E-state index contributed by atoms with van der Waals surface area (Å²) in [6, 6.07) is 0.471. The Morgan fingerprint density at radius 3 is 2.33 bits per heavy atom. The first-order valence-electron chi connectivity index (χ1n) is 7.36. The monoisotopic (exact) mass is 252 g/mol. The van der Waals surface area contributed by atoms with Gasteiger partial charge in [-0.05, 0) is 36.5 Å². The highest BCUT2D eigenvalue weighted by molar-refractivity contribution is 5.78. The summed E-state index contributed by atoms with van der Waals surface area (Å²) >= 11 is 0. The summed E-state index contributed by atoms with van der Waals surface area (Å²) < 4.78 is 0. The molecule has 2 fully saturated rings. The molecule has 1 saturated heterocycles. The highest BCUT2D eigenvalue weighted by Crippen LogP contribution is 2.51. The lowest BCUT2D eigenvalue weighted by molar-refractivity contribution is -0.129. The second kappa shape index (κ2) is 4.84. The molecule has 1 unspecified atom stereocenters. The molecule has 1 amide bonds. The lowest BCUT2D eigenvalue weighted by Gasteiger charge is -2.39. The molecule has 1 atom stereocenters. The second-order valence-electron chi connectivity index (χ2n) is 7.17. The van der Waals surface area contributed by atoms with Crippen molar-refractivity contribution in [2.75, 3.05) is 19.6 Å². The minimum absolute atomic E-state index is 0.262. The van der Waals surface area contributed by atoms with Gasteiger partial charge in [-0.2, -0.15) is 0 Å². The van der Waals surface area contributed by atoms with Crippen LogP contribution in [0.2, 0.25) is 0 Å². The van der Waals surface area contributed by atoms with E-state index in [0.29, 0.717) is 18.0 Å². The van der Waals surface area contributed by atoms with E-state index in [1.54, 1.807) is 0 Å². The lowest BCUT2D eigenvalue weighted by atomic mass is 9.69. The Morgan fingerprint density at radius 1 is 1.22 bits per heavy atom. The molecule has 0 aromatic rings. The Kier molecular flexibility index (Phi) is 3.72. The van der Waals surface area contributed by atoms with Crippen molar-refractivity contribution in [3.05, 3.63) is 0 Å². The van der Waals surface area contributed by atoms with E-state index in [9.17, 15) is 4.79 Å². The van der Waals surface area contributed by atoms with Gasteiger partial charge in [0.15, 0.2) is 0 Å². The molecule has 0 aromatic heterocycles. The number of nitrogens with zero attached hydrogens (tertiary/aromatic N) is 1. The molecule has 104 valence electrons. The van der Waals surface area contributed by atoms with Gasteiger partial charge in [0.25, 0.3) is 0 Å². The van der Waals surface area contributed by atoms with E-state index in [0.717, 1.165) is 13.1 Å². The van der Waals surface area contributed by atoms with Gasteiger partial charge in [0, 0.05) is 19.1 Å². The number of likely N-dealkylation sites (tertiary alicyclic amines) is 1. The van der Waals surface area contributed by atoms with Crippen LogP contribution in [0.1, 0.15) is 53.4 Å². The van der Waals surface area contributed by atoms with Crippen molar-refractivity contribution in [2.45, 2.75) is 59.4 Å². The number of carbonyl (C=O) groups excluding carboxylic acids is 1. The molecule has 1 heterocycles. The van der Waals surface area contributed by atoms with Crippen LogP contribution < -0.4 is 5.32 Å². The van der Waals surface area contributed by atoms with Gasteiger partial charge in [0.05, 0.1) is 6.54 Å². The first kappa shape index (κ1) is 13.9. The smallest absolute Gasteiger partial charge is 0.236 e. The molecule has 0 spiro atoms. The summed E-state index contributed by atoms with van der Waals surface area (Å²) in [5.41, 5.74) is 0.625. The molecule has 0 bridgehead atoms. The zero-order valence-corrected chi connectivity index (χ0v) is 12.4. The molecule has 0 radical (unpaired) electrons. The molecule has 1 aliphatic heterocycles.